The smallest absolute Gasteiger partial charge is 0.325 e. The lowest BCUT2D eigenvalue weighted by molar-refractivity contribution is -0.141. The van der Waals surface area contributed by atoms with Crippen molar-refractivity contribution in [3.05, 3.63) is 33.8 Å². The van der Waals surface area contributed by atoms with Gasteiger partial charge >= 0.3 is 5.97 Å². The highest BCUT2D eigenvalue weighted by atomic mass is 35.5. The van der Waals surface area contributed by atoms with Gasteiger partial charge in [0, 0.05) is 16.0 Å². The third kappa shape index (κ3) is 3.39. The fourth-order valence-corrected chi connectivity index (χ4v) is 2.54. The number of methoxy groups -OCH3 is 1. The first-order chi connectivity index (χ1) is 9.02. The number of hydrogen-bond acceptors (Lipinski definition) is 3. The number of hydrogen-bond donors (Lipinski definition) is 1. The van der Waals surface area contributed by atoms with Crippen LogP contribution in [-0.2, 0) is 14.3 Å². The van der Waals surface area contributed by atoms with E-state index in [1.807, 2.05) is 6.07 Å². The van der Waals surface area contributed by atoms with Gasteiger partial charge in [0.1, 0.15) is 6.54 Å². The van der Waals surface area contributed by atoms with Crippen LogP contribution in [0.1, 0.15) is 17.9 Å². The lowest BCUT2D eigenvalue weighted by Gasteiger charge is -2.05. The molecular formula is C13H13Cl2NO3. The Labute approximate surface area is 121 Å². The summed E-state index contributed by atoms with van der Waals surface area (Å²) in [5, 5.41) is 3.68. The molecule has 2 rings (SSSR count). The number of carbonyl (C=O) groups excluding carboxylic acids is 2. The average Bonchev–Trinajstić information content (AvgIpc) is 3.15. The van der Waals surface area contributed by atoms with Crippen LogP contribution < -0.4 is 5.32 Å². The zero-order chi connectivity index (χ0) is 14.0. The van der Waals surface area contributed by atoms with Crippen molar-refractivity contribution >= 4 is 35.1 Å². The number of benzene rings is 1. The first kappa shape index (κ1) is 14.2. The van der Waals surface area contributed by atoms with Crippen LogP contribution >= 0.6 is 23.2 Å². The maximum Gasteiger partial charge on any atom is 0.325 e. The summed E-state index contributed by atoms with van der Waals surface area (Å²) in [6.07, 6.45) is 0.731. The summed E-state index contributed by atoms with van der Waals surface area (Å²) in [7, 11) is 1.28. The Bertz CT molecular complexity index is 519. The number of carbonyl (C=O) groups is 2. The number of amides is 1. The molecule has 0 spiro atoms. The monoisotopic (exact) mass is 301 g/mol. The Hall–Kier alpha value is -1.26. The first-order valence-electron chi connectivity index (χ1n) is 5.82. The van der Waals surface area contributed by atoms with Crippen LogP contribution in [0.15, 0.2) is 18.2 Å². The van der Waals surface area contributed by atoms with Crippen molar-refractivity contribution in [3.63, 3.8) is 0 Å². The van der Waals surface area contributed by atoms with E-state index in [0.717, 1.165) is 12.0 Å². The number of nitrogens with one attached hydrogen (secondary N) is 1. The average molecular weight is 302 g/mol. The highest BCUT2D eigenvalue weighted by Crippen LogP contribution is 2.49. The summed E-state index contributed by atoms with van der Waals surface area (Å²) in [6, 6.07) is 5.26. The van der Waals surface area contributed by atoms with Gasteiger partial charge in [0.15, 0.2) is 0 Å². The normalized spacial score (nSPS) is 20.8. The van der Waals surface area contributed by atoms with Crippen molar-refractivity contribution in [1.82, 2.24) is 5.32 Å². The van der Waals surface area contributed by atoms with Crippen molar-refractivity contribution in [2.24, 2.45) is 5.92 Å². The van der Waals surface area contributed by atoms with Crippen molar-refractivity contribution in [3.8, 4) is 0 Å². The minimum Gasteiger partial charge on any atom is -0.468 e. The molecule has 1 aliphatic carbocycles. The third-order valence-corrected chi connectivity index (χ3v) is 3.69. The zero-order valence-electron chi connectivity index (χ0n) is 10.3. The predicted molar refractivity (Wildman–Crippen MR) is 72.3 cm³/mol. The van der Waals surface area contributed by atoms with Gasteiger partial charge in [-0.05, 0) is 30.0 Å². The van der Waals surface area contributed by atoms with Crippen molar-refractivity contribution < 1.29 is 14.3 Å². The predicted octanol–water partition coefficient (Wildman–Crippen LogP) is 2.39. The molecule has 19 heavy (non-hydrogen) atoms. The van der Waals surface area contributed by atoms with Crippen LogP contribution in [-0.4, -0.2) is 25.5 Å². The van der Waals surface area contributed by atoms with Crippen LogP contribution in [0.4, 0.5) is 0 Å². The fraction of sp³-hybridized carbons (Fsp3) is 0.385. The second kappa shape index (κ2) is 5.80. The van der Waals surface area contributed by atoms with Crippen LogP contribution in [0, 0.1) is 5.92 Å². The van der Waals surface area contributed by atoms with E-state index >= 15 is 0 Å². The second-order valence-electron chi connectivity index (χ2n) is 4.41. The molecule has 1 fully saturated rings. The Kier molecular flexibility index (Phi) is 4.32. The van der Waals surface area contributed by atoms with Crippen LogP contribution in [0.3, 0.4) is 0 Å². The second-order valence-corrected chi connectivity index (χ2v) is 5.25. The molecule has 6 heteroatoms. The van der Waals surface area contributed by atoms with Gasteiger partial charge in [-0.1, -0.05) is 29.3 Å². The number of rotatable bonds is 4. The molecule has 0 aromatic heterocycles. The lowest BCUT2D eigenvalue weighted by Crippen LogP contribution is -2.31. The molecule has 1 saturated carbocycles. The van der Waals surface area contributed by atoms with Crippen molar-refractivity contribution in [2.75, 3.05) is 13.7 Å². The molecule has 1 amide bonds. The molecule has 1 aliphatic rings. The fourth-order valence-electron chi connectivity index (χ4n) is 1.99. The summed E-state index contributed by atoms with van der Waals surface area (Å²) in [5.74, 6) is -0.651. The number of esters is 1. The maximum absolute atomic E-state index is 11.8. The summed E-state index contributed by atoms with van der Waals surface area (Å²) in [4.78, 5) is 22.7. The highest BCUT2D eigenvalue weighted by Gasteiger charge is 2.44. The van der Waals surface area contributed by atoms with E-state index in [4.69, 9.17) is 23.2 Å². The van der Waals surface area contributed by atoms with E-state index in [1.54, 1.807) is 12.1 Å². The van der Waals surface area contributed by atoms with Crippen molar-refractivity contribution in [1.29, 1.82) is 0 Å². The SMILES string of the molecule is COC(=O)CNC(=O)[C@H]1C[C@H]1c1ccc(Cl)cc1Cl. The first-order valence-corrected chi connectivity index (χ1v) is 6.58. The van der Waals surface area contributed by atoms with Gasteiger partial charge in [0.2, 0.25) is 5.91 Å². The van der Waals surface area contributed by atoms with E-state index in [2.05, 4.69) is 10.1 Å². The Morgan fingerprint density at radius 1 is 1.42 bits per heavy atom. The largest absolute Gasteiger partial charge is 0.468 e. The Balaban J connectivity index is 1.93. The summed E-state index contributed by atoms with van der Waals surface area (Å²) >= 11 is 11.9. The standard InChI is InChI=1S/C13H13Cl2NO3/c1-19-12(17)6-16-13(18)10-5-9(10)8-3-2-7(14)4-11(8)15/h2-4,9-10H,5-6H2,1H3,(H,16,18)/t9-,10-/m0/s1. The molecule has 0 bridgehead atoms. The van der Waals surface area contributed by atoms with Crippen molar-refractivity contribution in [2.45, 2.75) is 12.3 Å². The molecule has 0 unspecified atom stereocenters. The third-order valence-electron chi connectivity index (χ3n) is 3.12. The molecule has 1 N–H and O–H groups in total. The van der Waals surface area contributed by atoms with Gasteiger partial charge in [-0.15, -0.1) is 0 Å². The van der Waals surface area contributed by atoms with Crippen LogP contribution in [0.5, 0.6) is 0 Å². The van der Waals surface area contributed by atoms with Gasteiger partial charge in [-0.2, -0.15) is 0 Å². The van der Waals surface area contributed by atoms with Gasteiger partial charge in [-0.25, -0.2) is 0 Å². The van der Waals surface area contributed by atoms with E-state index < -0.39 is 5.97 Å². The Morgan fingerprint density at radius 2 is 2.16 bits per heavy atom. The molecule has 1 aromatic carbocycles. The van der Waals surface area contributed by atoms with Crippen LogP contribution in [0.25, 0.3) is 0 Å². The molecule has 1 aromatic rings. The Morgan fingerprint density at radius 3 is 2.79 bits per heavy atom. The molecule has 0 saturated heterocycles. The quantitative estimate of drug-likeness (QED) is 0.869. The summed E-state index contributed by atoms with van der Waals surface area (Å²) < 4.78 is 4.46. The van der Waals surface area contributed by atoms with E-state index in [-0.39, 0.29) is 24.3 Å². The topological polar surface area (TPSA) is 55.4 Å². The van der Waals surface area contributed by atoms with E-state index in [0.29, 0.717) is 10.0 Å². The molecule has 4 nitrogen and oxygen atoms in total. The molecular weight excluding hydrogens is 289 g/mol. The highest BCUT2D eigenvalue weighted by molar-refractivity contribution is 6.35. The van der Waals surface area contributed by atoms with Crippen LogP contribution in [0.2, 0.25) is 10.0 Å². The van der Waals surface area contributed by atoms with Gasteiger partial charge in [0.25, 0.3) is 0 Å². The molecule has 0 heterocycles. The molecule has 102 valence electrons. The zero-order valence-corrected chi connectivity index (χ0v) is 11.8. The molecule has 2 atom stereocenters. The van der Waals surface area contributed by atoms with E-state index in [9.17, 15) is 9.59 Å². The molecule has 0 radical (unpaired) electrons. The minimum absolute atomic E-state index is 0.0995. The van der Waals surface area contributed by atoms with E-state index in [1.165, 1.54) is 7.11 Å². The van der Waals surface area contributed by atoms with Gasteiger partial charge in [0.05, 0.1) is 7.11 Å². The van der Waals surface area contributed by atoms with Gasteiger partial charge < -0.3 is 10.1 Å². The number of halogens is 2. The van der Waals surface area contributed by atoms with Gasteiger partial charge in [-0.3, -0.25) is 9.59 Å². The maximum atomic E-state index is 11.8. The lowest BCUT2D eigenvalue weighted by atomic mass is 10.1. The number of ether oxygens (including phenoxy) is 1. The minimum atomic E-state index is -0.463. The summed E-state index contributed by atoms with van der Waals surface area (Å²) in [5.41, 5.74) is 0.921. The summed E-state index contributed by atoms with van der Waals surface area (Å²) in [6.45, 7) is -0.104. The molecule has 0 aliphatic heterocycles.